The van der Waals surface area contributed by atoms with Crippen molar-refractivity contribution in [2.45, 2.75) is 43.7 Å². The maximum atomic E-state index is 13.5. The maximum absolute atomic E-state index is 13.5. The number of hydrogen-bond donors (Lipinski definition) is 1. The summed E-state index contributed by atoms with van der Waals surface area (Å²) < 4.78 is 37.7. The Bertz CT molecular complexity index is 1150. The van der Waals surface area contributed by atoms with Crippen molar-refractivity contribution in [2.75, 3.05) is 20.2 Å². The van der Waals surface area contributed by atoms with Crippen molar-refractivity contribution in [3.05, 3.63) is 70.3 Å². The zero-order valence-electron chi connectivity index (χ0n) is 20.0. The number of ether oxygens (including phenoxy) is 2. The van der Waals surface area contributed by atoms with E-state index in [0.717, 1.165) is 29.1 Å². The minimum atomic E-state index is -4.54. The molecule has 2 rings (SSSR count). The third kappa shape index (κ3) is 8.34. The van der Waals surface area contributed by atoms with Crippen LogP contribution in [0.4, 0.5) is 10.5 Å². The van der Waals surface area contributed by atoms with Crippen molar-refractivity contribution >= 4 is 27.8 Å². The van der Waals surface area contributed by atoms with Crippen molar-refractivity contribution in [3.8, 4) is 0 Å². The molecule has 1 amide bonds. The van der Waals surface area contributed by atoms with Crippen LogP contribution in [0.2, 0.25) is 0 Å². The molecule has 12 heteroatoms. The molecule has 0 aliphatic heterocycles. The molecule has 0 aliphatic rings. The number of esters is 1. The Morgan fingerprint density at radius 1 is 1.09 bits per heavy atom. The standard InChI is InChI=1S/C23H29N3O8S/c1-23(2,3)34-22(28)24-18(14-17-10-6-5-7-11-17)15-25(16-21(27)33-4)35(31,32)20-13-9-8-12-19(20)26(29)30/h5-13,18H,14-16H2,1-4H3,(H,24,28). The summed E-state index contributed by atoms with van der Waals surface area (Å²) in [7, 11) is -3.45. The fourth-order valence-electron chi connectivity index (χ4n) is 3.20. The van der Waals surface area contributed by atoms with Crippen molar-refractivity contribution in [2.24, 2.45) is 0 Å². The molecule has 1 N–H and O–H groups in total. The van der Waals surface area contributed by atoms with E-state index >= 15 is 0 Å². The van der Waals surface area contributed by atoms with Crippen LogP contribution in [-0.2, 0) is 30.7 Å². The average Bonchev–Trinajstić information content (AvgIpc) is 2.77. The molecule has 1 unspecified atom stereocenters. The van der Waals surface area contributed by atoms with Gasteiger partial charge in [-0.3, -0.25) is 14.9 Å². The Kier molecular flexibility index (Phi) is 9.32. The zero-order chi connectivity index (χ0) is 26.2. The number of sulfonamides is 1. The smallest absolute Gasteiger partial charge is 0.407 e. The molecule has 0 spiro atoms. The van der Waals surface area contributed by atoms with E-state index < -0.39 is 55.8 Å². The summed E-state index contributed by atoms with van der Waals surface area (Å²) in [6.07, 6.45) is -0.580. The fraction of sp³-hybridized carbons (Fsp3) is 0.391. The molecule has 0 saturated carbocycles. The van der Waals surface area contributed by atoms with Crippen molar-refractivity contribution in [1.82, 2.24) is 9.62 Å². The molecule has 0 heterocycles. The summed E-state index contributed by atoms with van der Waals surface area (Å²) in [5.41, 5.74) is -0.652. The quantitative estimate of drug-likeness (QED) is 0.293. The van der Waals surface area contributed by atoms with E-state index in [-0.39, 0.29) is 13.0 Å². The number of hydrogen-bond acceptors (Lipinski definition) is 8. The zero-order valence-corrected chi connectivity index (χ0v) is 20.8. The Balaban J connectivity index is 2.46. The summed E-state index contributed by atoms with van der Waals surface area (Å²) in [6.45, 7) is 3.95. The number of para-hydroxylation sites is 1. The van der Waals surface area contributed by atoms with Crippen molar-refractivity contribution < 1.29 is 32.4 Å². The van der Waals surface area contributed by atoms with Gasteiger partial charge in [0.15, 0.2) is 4.90 Å². The Labute approximate surface area is 204 Å². The monoisotopic (exact) mass is 507 g/mol. The molecule has 2 aromatic carbocycles. The SMILES string of the molecule is COC(=O)CN(CC(Cc1ccccc1)NC(=O)OC(C)(C)C)S(=O)(=O)c1ccccc1[N+](=O)[O-]. The third-order valence-electron chi connectivity index (χ3n) is 4.68. The molecule has 2 aromatic rings. The van der Waals surface area contributed by atoms with Crippen LogP contribution in [0.5, 0.6) is 0 Å². The number of nitro groups is 1. The number of methoxy groups -OCH3 is 1. The van der Waals surface area contributed by atoms with Crippen LogP contribution >= 0.6 is 0 Å². The van der Waals surface area contributed by atoms with Gasteiger partial charge < -0.3 is 14.8 Å². The van der Waals surface area contributed by atoms with Gasteiger partial charge in [0.1, 0.15) is 12.1 Å². The number of alkyl carbamates (subject to hydrolysis) is 1. The molecule has 190 valence electrons. The van der Waals surface area contributed by atoms with Crippen molar-refractivity contribution in [3.63, 3.8) is 0 Å². The minimum Gasteiger partial charge on any atom is -0.468 e. The van der Waals surface area contributed by atoms with Gasteiger partial charge in [-0.15, -0.1) is 0 Å². The molecule has 0 aliphatic carbocycles. The van der Waals surface area contributed by atoms with Gasteiger partial charge in [-0.1, -0.05) is 42.5 Å². The fourth-order valence-corrected chi connectivity index (χ4v) is 4.79. The molecule has 1 atom stereocenters. The highest BCUT2D eigenvalue weighted by Crippen LogP contribution is 2.26. The predicted molar refractivity (Wildman–Crippen MR) is 127 cm³/mol. The van der Waals surface area contributed by atoms with Crippen LogP contribution in [0.15, 0.2) is 59.5 Å². The number of nitrogens with zero attached hydrogens (tertiary/aromatic N) is 2. The average molecular weight is 508 g/mol. The van der Waals surface area contributed by atoms with E-state index in [0.29, 0.717) is 0 Å². The van der Waals surface area contributed by atoms with Gasteiger partial charge in [0.25, 0.3) is 15.7 Å². The van der Waals surface area contributed by atoms with Crippen LogP contribution in [0.1, 0.15) is 26.3 Å². The van der Waals surface area contributed by atoms with E-state index in [9.17, 15) is 28.1 Å². The third-order valence-corrected chi connectivity index (χ3v) is 6.54. The number of nitrogens with one attached hydrogen (secondary N) is 1. The molecule has 0 radical (unpaired) electrons. The van der Waals surface area contributed by atoms with Gasteiger partial charge in [0, 0.05) is 12.6 Å². The number of nitro benzene ring substituents is 1. The van der Waals surface area contributed by atoms with Crippen LogP contribution in [-0.4, -0.2) is 61.6 Å². The topological polar surface area (TPSA) is 145 Å². The summed E-state index contributed by atoms with van der Waals surface area (Å²) in [6, 6.07) is 13.0. The second-order valence-corrected chi connectivity index (χ2v) is 10.5. The van der Waals surface area contributed by atoms with E-state index in [4.69, 9.17) is 4.74 Å². The van der Waals surface area contributed by atoms with Crippen molar-refractivity contribution in [1.29, 1.82) is 0 Å². The lowest BCUT2D eigenvalue weighted by Crippen LogP contribution is -2.49. The minimum absolute atomic E-state index is 0.199. The predicted octanol–water partition coefficient (Wildman–Crippen LogP) is 2.89. The molecular formula is C23H29N3O8S. The molecule has 0 bridgehead atoms. The number of amides is 1. The summed E-state index contributed by atoms with van der Waals surface area (Å²) in [4.78, 5) is 34.7. The first-order valence-corrected chi connectivity index (χ1v) is 12.1. The van der Waals surface area contributed by atoms with E-state index in [1.54, 1.807) is 45.0 Å². The first-order valence-electron chi connectivity index (χ1n) is 10.7. The van der Waals surface area contributed by atoms with Gasteiger partial charge in [-0.25, -0.2) is 13.2 Å². The van der Waals surface area contributed by atoms with Gasteiger partial charge in [0.2, 0.25) is 0 Å². The number of carbonyl (C=O) groups is 2. The lowest BCUT2D eigenvalue weighted by atomic mass is 10.1. The van der Waals surface area contributed by atoms with Gasteiger partial charge in [-0.05, 0) is 38.8 Å². The molecule has 11 nitrogen and oxygen atoms in total. The van der Waals surface area contributed by atoms with Crippen LogP contribution in [0, 0.1) is 10.1 Å². The normalized spacial score (nSPS) is 12.6. The number of carbonyl (C=O) groups excluding carboxylic acids is 2. The van der Waals surface area contributed by atoms with E-state index in [2.05, 4.69) is 10.1 Å². The molecule has 0 fully saturated rings. The van der Waals surface area contributed by atoms with Crippen LogP contribution in [0.3, 0.4) is 0 Å². The molecule has 0 aromatic heterocycles. The highest BCUT2D eigenvalue weighted by molar-refractivity contribution is 7.89. The molecular weight excluding hydrogens is 478 g/mol. The maximum Gasteiger partial charge on any atom is 0.407 e. The largest absolute Gasteiger partial charge is 0.468 e. The first kappa shape index (κ1) is 27.7. The first-order chi connectivity index (χ1) is 16.3. The van der Waals surface area contributed by atoms with Gasteiger partial charge in [-0.2, -0.15) is 4.31 Å². The summed E-state index contributed by atoms with van der Waals surface area (Å²) >= 11 is 0. The highest BCUT2D eigenvalue weighted by atomic mass is 32.2. The summed E-state index contributed by atoms with van der Waals surface area (Å²) in [5, 5.41) is 14.1. The Hall–Kier alpha value is -3.51. The molecule has 0 saturated heterocycles. The van der Waals surface area contributed by atoms with E-state index in [1.165, 1.54) is 12.1 Å². The lowest BCUT2D eigenvalue weighted by molar-refractivity contribution is -0.387. The summed E-state index contributed by atoms with van der Waals surface area (Å²) in [5.74, 6) is -0.872. The Morgan fingerprint density at radius 3 is 2.26 bits per heavy atom. The second kappa shape index (κ2) is 11.8. The number of benzene rings is 2. The van der Waals surface area contributed by atoms with Gasteiger partial charge >= 0.3 is 12.1 Å². The lowest BCUT2D eigenvalue weighted by Gasteiger charge is -2.28. The van der Waals surface area contributed by atoms with E-state index in [1.807, 2.05) is 6.07 Å². The number of rotatable bonds is 10. The highest BCUT2D eigenvalue weighted by Gasteiger charge is 2.35. The van der Waals surface area contributed by atoms with Crippen LogP contribution < -0.4 is 5.32 Å². The molecule has 35 heavy (non-hydrogen) atoms. The Morgan fingerprint density at radius 2 is 1.69 bits per heavy atom. The second-order valence-electron chi connectivity index (χ2n) is 8.63. The van der Waals surface area contributed by atoms with Crippen LogP contribution in [0.25, 0.3) is 0 Å². The van der Waals surface area contributed by atoms with Gasteiger partial charge in [0.05, 0.1) is 18.1 Å².